The minimum Gasteiger partial charge on any atom is -0.320 e. The monoisotopic (exact) mass is 611 g/mol. The molecule has 2 aromatic heterocycles. The molecule has 0 N–H and O–H groups in total. The molecule has 0 atom stereocenters. The number of fused-ring (bicyclic) bond motifs is 2. The molecule has 4 heteroatoms. The number of aromatic nitrogens is 2. The Labute approximate surface area is 207 Å². The molecule has 0 aliphatic heterocycles. The summed E-state index contributed by atoms with van der Waals surface area (Å²) < 4.78 is 14.4. The van der Waals surface area contributed by atoms with E-state index in [1.54, 1.807) is 12.3 Å². The first-order valence-corrected chi connectivity index (χ1v) is 10.9. The van der Waals surface area contributed by atoms with Gasteiger partial charge in [0.05, 0.1) is 0 Å². The van der Waals surface area contributed by atoms with E-state index in [0.29, 0.717) is 5.56 Å². The fraction of sp³-hybridized carbons (Fsp3) is 0.172. The van der Waals surface area contributed by atoms with E-state index in [-0.39, 0.29) is 31.3 Å². The quantitative estimate of drug-likeness (QED) is 0.215. The molecule has 4 aromatic rings. The zero-order valence-electron chi connectivity index (χ0n) is 18.5. The van der Waals surface area contributed by atoms with Gasteiger partial charge in [0.15, 0.2) is 0 Å². The third-order valence-electron chi connectivity index (χ3n) is 6.18. The van der Waals surface area contributed by atoms with Gasteiger partial charge in [0.2, 0.25) is 0 Å². The van der Waals surface area contributed by atoms with E-state index < -0.39 is 0 Å². The van der Waals surface area contributed by atoms with Crippen LogP contribution in [-0.4, -0.2) is 9.97 Å². The maximum atomic E-state index is 14.4. The number of pyridine rings is 2. The zero-order chi connectivity index (χ0) is 22.1. The Morgan fingerprint density at radius 1 is 0.970 bits per heavy atom. The second kappa shape index (κ2) is 9.51. The number of hydrogen-bond acceptors (Lipinski definition) is 2. The second-order valence-electron chi connectivity index (χ2n) is 8.54. The standard InChI is InChI=1S/C18H13FN.C11H10N.Ir/c1-18(2)13-7-3-5-11-9-10-20-17(15(11)13)12-6-4-8-14(19)16(12)18;1-2-6-10(7-3-1)11-8-4-5-9-12-11;/h3-5,7-10H,1-2H3;1-2,4-5,8-9H,3,7H2;/q2*-1;. The first-order valence-electron chi connectivity index (χ1n) is 10.9. The molecule has 0 spiro atoms. The average molecular weight is 611 g/mol. The van der Waals surface area contributed by atoms with Crippen molar-refractivity contribution in [3.8, 4) is 11.3 Å². The van der Waals surface area contributed by atoms with E-state index in [9.17, 15) is 4.39 Å². The molecule has 0 bridgehead atoms. The van der Waals surface area contributed by atoms with E-state index in [2.05, 4.69) is 54.2 Å². The molecule has 0 fully saturated rings. The molecule has 1 radical (unpaired) electrons. The summed E-state index contributed by atoms with van der Waals surface area (Å²) in [4.78, 5) is 8.76. The van der Waals surface area contributed by atoms with Crippen molar-refractivity contribution in [3.05, 3.63) is 114 Å². The Morgan fingerprint density at radius 2 is 1.85 bits per heavy atom. The normalized spacial score (nSPS) is 14.9. The van der Waals surface area contributed by atoms with E-state index in [1.165, 1.54) is 11.6 Å². The van der Waals surface area contributed by atoms with Crippen LogP contribution in [-0.2, 0) is 25.5 Å². The molecule has 0 unspecified atom stereocenters. The van der Waals surface area contributed by atoms with Crippen LogP contribution in [0, 0.1) is 18.0 Å². The maximum absolute atomic E-state index is 14.4. The summed E-state index contributed by atoms with van der Waals surface area (Å²) in [5.74, 6) is -0.183. The van der Waals surface area contributed by atoms with Crippen LogP contribution in [0.2, 0.25) is 0 Å². The van der Waals surface area contributed by atoms with Gasteiger partial charge in [0, 0.05) is 38.3 Å². The molecule has 0 amide bonds. The SMILES string of the molecule is CC1(C)c2c([c-]ccc2F)-c2nccc3cccc1c23.[C-]1=C(c2ccccn2)CCC=C1.[Ir]. The van der Waals surface area contributed by atoms with Crippen LogP contribution in [0.5, 0.6) is 0 Å². The number of halogens is 1. The predicted molar refractivity (Wildman–Crippen MR) is 127 cm³/mol. The van der Waals surface area contributed by atoms with E-state index in [0.717, 1.165) is 46.1 Å². The van der Waals surface area contributed by atoms with Gasteiger partial charge in [-0.3, -0.25) is 0 Å². The fourth-order valence-corrected chi connectivity index (χ4v) is 4.63. The Hall–Kier alpha value is -2.94. The van der Waals surface area contributed by atoms with Crippen LogP contribution in [0.25, 0.3) is 27.6 Å². The van der Waals surface area contributed by atoms with E-state index in [1.807, 2.05) is 42.6 Å². The van der Waals surface area contributed by atoms with Crippen LogP contribution < -0.4 is 0 Å². The molecule has 0 saturated heterocycles. The Morgan fingerprint density at radius 3 is 2.61 bits per heavy atom. The largest absolute Gasteiger partial charge is 0.320 e. The molecule has 2 aliphatic rings. The van der Waals surface area contributed by atoms with Crippen LogP contribution in [0.15, 0.2) is 79.1 Å². The first-order chi connectivity index (χ1) is 15.6. The van der Waals surface area contributed by atoms with Gasteiger partial charge in [0.25, 0.3) is 0 Å². The molecular formula is C29H23FIrN2-2. The van der Waals surface area contributed by atoms with E-state index >= 15 is 0 Å². The molecule has 0 saturated carbocycles. The number of nitrogens with zero attached hydrogens (tertiary/aromatic N) is 2. The molecule has 33 heavy (non-hydrogen) atoms. The summed E-state index contributed by atoms with van der Waals surface area (Å²) in [5, 5.41) is 2.26. The Balaban J connectivity index is 0.000000172. The average Bonchev–Trinajstić information content (AvgIpc) is 2.84. The second-order valence-corrected chi connectivity index (χ2v) is 8.54. The van der Waals surface area contributed by atoms with Gasteiger partial charge in [-0.15, -0.1) is 29.3 Å². The van der Waals surface area contributed by atoms with Crippen molar-refractivity contribution in [3.63, 3.8) is 0 Å². The number of hydrogen-bond donors (Lipinski definition) is 0. The topological polar surface area (TPSA) is 25.8 Å². The van der Waals surface area contributed by atoms with Crippen molar-refractivity contribution in [2.45, 2.75) is 32.1 Å². The fourth-order valence-electron chi connectivity index (χ4n) is 4.63. The smallest absolute Gasteiger partial charge is 0.0459 e. The van der Waals surface area contributed by atoms with Crippen LogP contribution in [0.1, 0.15) is 43.5 Å². The van der Waals surface area contributed by atoms with Gasteiger partial charge < -0.3 is 9.97 Å². The van der Waals surface area contributed by atoms with Crippen molar-refractivity contribution in [2.24, 2.45) is 0 Å². The van der Waals surface area contributed by atoms with Crippen molar-refractivity contribution < 1.29 is 24.5 Å². The first kappa shape index (κ1) is 23.2. The molecule has 2 heterocycles. The van der Waals surface area contributed by atoms with E-state index in [4.69, 9.17) is 0 Å². The summed E-state index contributed by atoms with van der Waals surface area (Å²) >= 11 is 0. The third kappa shape index (κ3) is 4.21. The molecule has 167 valence electrons. The molecule has 6 rings (SSSR count). The Kier molecular flexibility index (Phi) is 6.69. The molecular weight excluding hydrogens is 588 g/mol. The van der Waals surface area contributed by atoms with Crippen LogP contribution in [0.4, 0.5) is 4.39 Å². The maximum Gasteiger partial charge on any atom is 0.0459 e. The van der Waals surface area contributed by atoms with Gasteiger partial charge >= 0.3 is 0 Å². The van der Waals surface area contributed by atoms with Crippen molar-refractivity contribution >= 4 is 16.3 Å². The predicted octanol–water partition coefficient (Wildman–Crippen LogP) is 7.10. The van der Waals surface area contributed by atoms with Crippen LogP contribution in [0.3, 0.4) is 0 Å². The molecule has 2 aromatic carbocycles. The van der Waals surface area contributed by atoms with Gasteiger partial charge in [0.1, 0.15) is 0 Å². The van der Waals surface area contributed by atoms with Crippen molar-refractivity contribution in [1.29, 1.82) is 0 Å². The Bertz CT molecular complexity index is 1350. The molecule has 2 aliphatic carbocycles. The summed E-state index contributed by atoms with van der Waals surface area (Å²) in [6.07, 6.45) is 13.1. The van der Waals surface area contributed by atoms with Gasteiger partial charge in [-0.1, -0.05) is 62.6 Å². The van der Waals surface area contributed by atoms with Gasteiger partial charge in [-0.05, 0) is 45.3 Å². The summed E-state index contributed by atoms with van der Waals surface area (Å²) in [6.45, 7) is 4.13. The van der Waals surface area contributed by atoms with Gasteiger partial charge in [-0.25, -0.2) is 4.39 Å². The van der Waals surface area contributed by atoms with Crippen LogP contribution >= 0.6 is 0 Å². The summed E-state index contributed by atoms with van der Waals surface area (Å²) in [5.41, 5.74) is 5.35. The third-order valence-corrected chi connectivity index (χ3v) is 6.18. The van der Waals surface area contributed by atoms with Crippen molar-refractivity contribution in [1.82, 2.24) is 9.97 Å². The number of benzene rings is 2. The molecule has 2 nitrogen and oxygen atoms in total. The summed E-state index contributed by atoms with van der Waals surface area (Å²) in [7, 11) is 0. The number of rotatable bonds is 1. The minimum absolute atomic E-state index is 0. The zero-order valence-corrected chi connectivity index (χ0v) is 20.9. The summed E-state index contributed by atoms with van der Waals surface area (Å²) in [6, 6.07) is 20.4. The minimum atomic E-state index is -0.382. The van der Waals surface area contributed by atoms with Gasteiger partial charge in [-0.2, -0.15) is 18.2 Å². The number of allylic oxidation sites excluding steroid dienone is 4. The van der Waals surface area contributed by atoms with Crippen molar-refractivity contribution in [2.75, 3.05) is 0 Å².